The molecule has 2 aromatic rings. The Morgan fingerprint density at radius 2 is 1.58 bits per heavy atom. The normalized spacial score (nSPS) is 16.0. The summed E-state index contributed by atoms with van der Waals surface area (Å²) >= 11 is 0. The average Bonchev–Trinajstić information content (AvgIpc) is 2.82. The van der Waals surface area contributed by atoms with Crippen molar-refractivity contribution in [2.45, 2.75) is 40.0 Å². The minimum absolute atomic E-state index is 0.0757. The maximum atomic E-state index is 13.2. The highest BCUT2D eigenvalue weighted by atomic mass is 16.3. The van der Waals surface area contributed by atoms with Crippen LogP contribution in [0.1, 0.15) is 40.0 Å². The molecule has 0 spiro atoms. The second-order valence-corrected chi connectivity index (χ2v) is 7.56. The van der Waals surface area contributed by atoms with E-state index in [4.69, 9.17) is 0 Å². The van der Waals surface area contributed by atoms with Crippen molar-refractivity contribution >= 4 is 17.3 Å². The van der Waals surface area contributed by atoms with E-state index in [0.717, 1.165) is 12.8 Å². The molecule has 1 amide bonds. The van der Waals surface area contributed by atoms with Crippen molar-refractivity contribution in [3.63, 3.8) is 0 Å². The van der Waals surface area contributed by atoms with Gasteiger partial charge in [-0.1, -0.05) is 37.1 Å². The number of anilines is 2. The van der Waals surface area contributed by atoms with Gasteiger partial charge in [-0.25, -0.2) is 0 Å². The van der Waals surface area contributed by atoms with E-state index in [0.29, 0.717) is 17.8 Å². The fraction of sp³-hybridized carbons (Fsp3) is 0.318. The van der Waals surface area contributed by atoms with E-state index in [-0.39, 0.29) is 22.8 Å². The average molecular weight is 351 g/mol. The van der Waals surface area contributed by atoms with Crippen LogP contribution in [0.25, 0.3) is 0 Å². The zero-order valence-electron chi connectivity index (χ0n) is 15.5. The zero-order chi connectivity index (χ0) is 18.9. The monoisotopic (exact) mass is 351 g/mol. The van der Waals surface area contributed by atoms with Crippen molar-refractivity contribution in [3.05, 3.63) is 59.7 Å². The Labute approximate surface area is 154 Å². The second-order valence-electron chi connectivity index (χ2n) is 7.56. The third-order valence-electron chi connectivity index (χ3n) is 5.39. The van der Waals surface area contributed by atoms with Crippen LogP contribution in [0.5, 0.6) is 11.5 Å². The third-order valence-corrected chi connectivity index (χ3v) is 5.39. The number of benzene rings is 2. The predicted molar refractivity (Wildman–Crippen MR) is 104 cm³/mol. The Morgan fingerprint density at radius 3 is 2.00 bits per heavy atom. The number of aromatic hydroxyl groups is 2. The minimum Gasteiger partial charge on any atom is -0.508 e. The minimum atomic E-state index is -0.0757. The van der Waals surface area contributed by atoms with E-state index in [1.807, 2.05) is 0 Å². The molecule has 4 nitrogen and oxygen atoms in total. The second kappa shape index (κ2) is 6.87. The van der Waals surface area contributed by atoms with E-state index in [9.17, 15) is 15.0 Å². The van der Waals surface area contributed by atoms with Gasteiger partial charge in [0.15, 0.2) is 0 Å². The summed E-state index contributed by atoms with van der Waals surface area (Å²) < 4.78 is 0. The van der Waals surface area contributed by atoms with Crippen LogP contribution in [0.3, 0.4) is 0 Å². The van der Waals surface area contributed by atoms with Gasteiger partial charge >= 0.3 is 0 Å². The molecule has 0 fully saturated rings. The molecule has 1 aliphatic carbocycles. The Hall–Kier alpha value is -2.75. The lowest BCUT2D eigenvalue weighted by Gasteiger charge is -2.24. The molecule has 0 saturated carbocycles. The van der Waals surface area contributed by atoms with Gasteiger partial charge in [0.1, 0.15) is 11.5 Å². The number of allylic oxidation sites excluding steroid dienone is 1. The van der Waals surface area contributed by atoms with Gasteiger partial charge in [-0.2, -0.15) is 0 Å². The fourth-order valence-corrected chi connectivity index (χ4v) is 3.50. The molecule has 26 heavy (non-hydrogen) atoms. The van der Waals surface area contributed by atoms with Crippen molar-refractivity contribution in [2.75, 3.05) is 4.90 Å². The summed E-state index contributed by atoms with van der Waals surface area (Å²) in [6.45, 7) is 6.53. The summed E-state index contributed by atoms with van der Waals surface area (Å²) in [6, 6.07) is 13.2. The van der Waals surface area contributed by atoms with E-state index in [1.165, 1.54) is 11.1 Å². The van der Waals surface area contributed by atoms with Gasteiger partial charge in [-0.15, -0.1) is 0 Å². The molecule has 0 aliphatic heterocycles. The van der Waals surface area contributed by atoms with E-state index >= 15 is 0 Å². The molecule has 0 unspecified atom stereocenters. The Morgan fingerprint density at radius 1 is 1.04 bits per heavy atom. The molecule has 0 saturated heterocycles. The SMILES string of the molecule is CC1=C(CC(=O)N(c2cccc(O)c2)c2cccc(O)c2)CCC1(C)C. The number of rotatable bonds is 4. The number of carbonyl (C=O) groups excluding carboxylic acids is 1. The molecule has 136 valence electrons. The lowest BCUT2D eigenvalue weighted by atomic mass is 9.86. The molecule has 0 bridgehead atoms. The smallest absolute Gasteiger partial charge is 0.235 e. The summed E-state index contributed by atoms with van der Waals surface area (Å²) in [5.41, 5.74) is 3.77. The summed E-state index contributed by atoms with van der Waals surface area (Å²) in [7, 11) is 0. The van der Waals surface area contributed by atoms with Crippen molar-refractivity contribution in [1.29, 1.82) is 0 Å². The first kappa shape index (κ1) is 18.1. The summed E-state index contributed by atoms with van der Waals surface area (Å²) in [4.78, 5) is 14.8. The number of phenolic OH excluding ortho intramolecular Hbond substituents is 2. The highest BCUT2D eigenvalue weighted by molar-refractivity contribution is 6.02. The number of hydrogen-bond acceptors (Lipinski definition) is 3. The highest BCUT2D eigenvalue weighted by Gasteiger charge is 2.31. The van der Waals surface area contributed by atoms with E-state index in [2.05, 4.69) is 20.8 Å². The summed E-state index contributed by atoms with van der Waals surface area (Å²) in [6.07, 6.45) is 2.32. The molecule has 0 radical (unpaired) electrons. The van der Waals surface area contributed by atoms with Gasteiger partial charge in [0.2, 0.25) is 5.91 Å². The van der Waals surface area contributed by atoms with Crippen molar-refractivity contribution < 1.29 is 15.0 Å². The molecule has 3 rings (SSSR count). The maximum absolute atomic E-state index is 13.2. The van der Waals surface area contributed by atoms with E-state index in [1.54, 1.807) is 53.4 Å². The van der Waals surface area contributed by atoms with Crippen LogP contribution in [-0.4, -0.2) is 16.1 Å². The first-order chi connectivity index (χ1) is 12.3. The summed E-state index contributed by atoms with van der Waals surface area (Å²) in [5, 5.41) is 19.7. The predicted octanol–water partition coefficient (Wildman–Crippen LogP) is 5.29. The maximum Gasteiger partial charge on any atom is 0.235 e. The first-order valence-electron chi connectivity index (χ1n) is 8.88. The Kier molecular flexibility index (Phi) is 4.77. The van der Waals surface area contributed by atoms with E-state index < -0.39 is 0 Å². The quantitative estimate of drug-likeness (QED) is 0.736. The first-order valence-corrected chi connectivity index (χ1v) is 8.88. The van der Waals surface area contributed by atoms with Crippen molar-refractivity contribution in [3.8, 4) is 11.5 Å². The Bertz CT molecular complexity index is 822. The molecular formula is C22H25NO3. The van der Waals surface area contributed by atoms with Crippen LogP contribution in [0.15, 0.2) is 59.7 Å². The number of hydrogen-bond donors (Lipinski definition) is 2. The lowest BCUT2D eigenvalue weighted by Crippen LogP contribution is -2.26. The number of nitrogens with zero attached hydrogens (tertiary/aromatic N) is 1. The largest absolute Gasteiger partial charge is 0.508 e. The van der Waals surface area contributed by atoms with Crippen LogP contribution in [0.2, 0.25) is 0 Å². The molecular weight excluding hydrogens is 326 g/mol. The fourth-order valence-electron chi connectivity index (χ4n) is 3.50. The lowest BCUT2D eigenvalue weighted by molar-refractivity contribution is -0.117. The van der Waals surface area contributed by atoms with Crippen molar-refractivity contribution in [2.24, 2.45) is 5.41 Å². The number of phenols is 2. The molecule has 0 atom stereocenters. The van der Waals surface area contributed by atoms with Gasteiger partial charge in [0.05, 0.1) is 11.4 Å². The molecule has 0 aromatic heterocycles. The van der Waals surface area contributed by atoms with Crippen LogP contribution in [-0.2, 0) is 4.79 Å². The highest BCUT2D eigenvalue weighted by Crippen LogP contribution is 2.43. The standard InChI is InChI=1S/C22H25NO3/c1-15-16(10-11-22(15,2)3)12-21(26)23(17-6-4-8-19(24)13-17)18-7-5-9-20(25)14-18/h4-9,13-14,24-25H,10-12H2,1-3H3. The molecule has 1 aliphatic rings. The van der Waals surface area contributed by atoms with Gasteiger partial charge < -0.3 is 10.2 Å². The molecule has 2 aromatic carbocycles. The van der Waals surface area contributed by atoms with Crippen LogP contribution >= 0.6 is 0 Å². The molecule has 0 heterocycles. The van der Waals surface area contributed by atoms with Gasteiger partial charge in [-0.3, -0.25) is 9.69 Å². The van der Waals surface area contributed by atoms with Gasteiger partial charge in [0.25, 0.3) is 0 Å². The van der Waals surface area contributed by atoms with Gasteiger partial charge in [-0.05, 0) is 49.4 Å². The number of amides is 1. The molecule has 2 N–H and O–H groups in total. The topological polar surface area (TPSA) is 60.8 Å². The third kappa shape index (κ3) is 3.59. The van der Waals surface area contributed by atoms with Crippen LogP contribution < -0.4 is 4.90 Å². The van der Waals surface area contributed by atoms with Crippen LogP contribution in [0.4, 0.5) is 11.4 Å². The molecule has 4 heteroatoms. The number of carbonyl (C=O) groups is 1. The summed E-state index contributed by atoms with van der Waals surface area (Å²) in [5.74, 6) is 0.115. The van der Waals surface area contributed by atoms with Gasteiger partial charge in [0, 0.05) is 18.6 Å². The Balaban J connectivity index is 1.98. The zero-order valence-corrected chi connectivity index (χ0v) is 15.5. The van der Waals surface area contributed by atoms with Crippen molar-refractivity contribution in [1.82, 2.24) is 0 Å². The van der Waals surface area contributed by atoms with Crippen LogP contribution in [0, 0.1) is 5.41 Å².